The predicted molar refractivity (Wildman–Crippen MR) is 87.2 cm³/mol. The molecular weight excluding hydrogens is 387 g/mol. The first-order valence-corrected chi connectivity index (χ1v) is 8.76. The van der Waals surface area contributed by atoms with Crippen LogP contribution in [0.4, 0.5) is 0 Å². The highest BCUT2D eigenvalue weighted by atomic mass is 79.9. The van der Waals surface area contributed by atoms with Crippen LogP contribution in [0.2, 0.25) is 5.02 Å². The van der Waals surface area contributed by atoms with Crippen LogP contribution in [0.25, 0.3) is 0 Å². The fourth-order valence-electron chi connectivity index (χ4n) is 2.12. The third kappa shape index (κ3) is 4.32. The molecule has 0 aliphatic carbocycles. The summed E-state index contributed by atoms with van der Waals surface area (Å²) in [5, 5.41) is 3.76. The molecule has 8 heteroatoms. The first-order valence-electron chi connectivity index (χ1n) is 6.11. The normalized spacial score (nSPS) is 23.1. The van der Waals surface area contributed by atoms with Crippen molar-refractivity contribution in [2.75, 3.05) is 6.54 Å². The van der Waals surface area contributed by atoms with Crippen molar-refractivity contribution < 1.29 is 8.42 Å². The summed E-state index contributed by atoms with van der Waals surface area (Å²) in [6, 6.07) is 4.66. The number of rotatable bonds is 3. The third-order valence-corrected chi connectivity index (χ3v) is 5.97. The van der Waals surface area contributed by atoms with Crippen molar-refractivity contribution in [1.82, 2.24) is 10.0 Å². The van der Waals surface area contributed by atoms with Gasteiger partial charge in [0.15, 0.2) is 0 Å². The smallest absolute Gasteiger partial charge is 0.240 e. The van der Waals surface area contributed by atoms with Crippen molar-refractivity contribution in [2.24, 2.45) is 0 Å². The van der Waals surface area contributed by atoms with E-state index in [0.29, 0.717) is 9.50 Å². The Morgan fingerprint density at radius 3 is 2.75 bits per heavy atom. The topological polar surface area (TPSA) is 58.2 Å². The summed E-state index contributed by atoms with van der Waals surface area (Å²) < 4.78 is 27.9. The predicted octanol–water partition coefficient (Wildman–Crippen LogP) is 2.94. The van der Waals surface area contributed by atoms with Crippen molar-refractivity contribution >= 4 is 50.0 Å². The molecule has 0 amide bonds. The molecule has 1 aromatic carbocycles. The van der Waals surface area contributed by atoms with Crippen molar-refractivity contribution in [3.63, 3.8) is 0 Å². The minimum atomic E-state index is -3.51. The van der Waals surface area contributed by atoms with E-state index in [0.717, 1.165) is 19.4 Å². The van der Waals surface area contributed by atoms with Crippen molar-refractivity contribution in [3.05, 3.63) is 27.7 Å². The van der Waals surface area contributed by atoms with Gasteiger partial charge in [-0.05, 0) is 60.4 Å². The Hall–Kier alpha value is 0.150. The zero-order chi connectivity index (χ0) is 14.0. The summed E-state index contributed by atoms with van der Waals surface area (Å²) in [7, 11) is -3.51. The minimum Gasteiger partial charge on any atom is -0.313 e. The molecule has 20 heavy (non-hydrogen) atoms. The molecule has 1 aromatic rings. The van der Waals surface area contributed by atoms with Crippen LogP contribution in [0.3, 0.4) is 0 Å². The van der Waals surface area contributed by atoms with Gasteiger partial charge in [0.2, 0.25) is 10.0 Å². The van der Waals surface area contributed by atoms with E-state index in [9.17, 15) is 8.42 Å². The van der Waals surface area contributed by atoms with Crippen molar-refractivity contribution in [3.8, 4) is 0 Å². The molecule has 0 radical (unpaired) electrons. The van der Waals surface area contributed by atoms with Gasteiger partial charge in [-0.2, -0.15) is 0 Å². The summed E-state index contributed by atoms with van der Waals surface area (Å²) in [6.45, 7) is 2.93. The molecule has 2 N–H and O–H groups in total. The second-order valence-corrected chi connectivity index (χ2v) is 7.66. The Balaban J connectivity index is 0.00000200. The molecule has 1 heterocycles. The lowest BCUT2D eigenvalue weighted by molar-refractivity contribution is 0.349. The molecule has 1 aliphatic rings. The lowest BCUT2D eigenvalue weighted by atomic mass is 10.0. The molecule has 0 saturated carbocycles. The number of hydrogen-bond donors (Lipinski definition) is 2. The molecule has 1 aliphatic heterocycles. The second kappa shape index (κ2) is 7.42. The lowest BCUT2D eigenvalue weighted by Gasteiger charge is -2.30. The largest absolute Gasteiger partial charge is 0.313 e. The molecule has 114 valence electrons. The number of piperidine rings is 1. The van der Waals surface area contributed by atoms with E-state index in [1.165, 1.54) is 12.1 Å². The van der Waals surface area contributed by atoms with Gasteiger partial charge in [0, 0.05) is 16.6 Å². The van der Waals surface area contributed by atoms with Gasteiger partial charge in [0.1, 0.15) is 0 Å². The average molecular weight is 404 g/mol. The van der Waals surface area contributed by atoms with E-state index in [1.807, 2.05) is 6.92 Å². The number of benzene rings is 1. The molecule has 0 spiro atoms. The Kier molecular flexibility index (Phi) is 6.76. The van der Waals surface area contributed by atoms with Gasteiger partial charge in [-0.25, -0.2) is 13.1 Å². The van der Waals surface area contributed by atoms with E-state index >= 15 is 0 Å². The van der Waals surface area contributed by atoms with Gasteiger partial charge in [-0.3, -0.25) is 0 Å². The van der Waals surface area contributed by atoms with Gasteiger partial charge >= 0.3 is 0 Å². The van der Waals surface area contributed by atoms with E-state index in [-0.39, 0.29) is 29.4 Å². The average Bonchev–Trinajstić information content (AvgIpc) is 2.35. The van der Waals surface area contributed by atoms with Crippen LogP contribution in [0, 0.1) is 0 Å². The first-order chi connectivity index (χ1) is 8.90. The van der Waals surface area contributed by atoms with Gasteiger partial charge in [0.25, 0.3) is 0 Å². The highest BCUT2D eigenvalue weighted by Gasteiger charge is 2.26. The zero-order valence-corrected chi connectivity index (χ0v) is 14.9. The fraction of sp³-hybridized carbons (Fsp3) is 0.500. The summed E-state index contributed by atoms with van der Waals surface area (Å²) in [5.74, 6) is 0. The van der Waals surface area contributed by atoms with Crippen molar-refractivity contribution in [2.45, 2.75) is 36.7 Å². The van der Waals surface area contributed by atoms with E-state index in [4.69, 9.17) is 11.6 Å². The summed E-state index contributed by atoms with van der Waals surface area (Å²) >= 11 is 9.11. The fourth-order valence-corrected chi connectivity index (χ4v) is 4.14. The van der Waals surface area contributed by atoms with Gasteiger partial charge in [0.05, 0.1) is 9.92 Å². The SMILES string of the molecule is CC1NCCCC1NS(=O)(=O)c1ccc(Cl)c(Br)c1.Cl. The molecule has 4 nitrogen and oxygen atoms in total. The standard InChI is InChI=1S/C12H16BrClN2O2S.ClH/c1-8-12(3-2-6-15-8)16-19(17,18)9-4-5-11(14)10(13)7-9;/h4-5,7-8,12,15-16H,2-3,6H2,1H3;1H. The van der Waals surface area contributed by atoms with Gasteiger partial charge < -0.3 is 5.32 Å². The van der Waals surface area contributed by atoms with E-state index < -0.39 is 10.0 Å². The lowest BCUT2D eigenvalue weighted by Crippen LogP contribution is -2.51. The van der Waals surface area contributed by atoms with Crippen LogP contribution in [0.15, 0.2) is 27.6 Å². The monoisotopic (exact) mass is 402 g/mol. The summed E-state index contributed by atoms with van der Waals surface area (Å²) in [6.07, 6.45) is 1.82. The highest BCUT2D eigenvalue weighted by molar-refractivity contribution is 9.10. The van der Waals surface area contributed by atoms with Crippen LogP contribution in [0.1, 0.15) is 19.8 Å². The molecule has 0 bridgehead atoms. The Morgan fingerprint density at radius 1 is 1.45 bits per heavy atom. The van der Waals surface area contributed by atoms with Gasteiger partial charge in [-0.15, -0.1) is 12.4 Å². The van der Waals surface area contributed by atoms with Crippen LogP contribution in [-0.2, 0) is 10.0 Å². The van der Waals surface area contributed by atoms with E-state index in [1.54, 1.807) is 6.07 Å². The molecule has 2 unspecified atom stereocenters. The van der Waals surface area contributed by atoms with Gasteiger partial charge in [-0.1, -0.05) is 11.6 Å². The maximum Gasteiger partial charge on any atom is 0.240 e. The first kappa shape index (κ1) is 18.2. The molecule has 2 atom stereocenters. The van der Waals surface area contributed by atoms with Crippen LogP contribution >= 0.6 is 39.9 Å². The van der Waals surface area contributed by atoms with Crippen LogP contribution in [-0.4, -0.2) is 27.0 Å². The Labute approximate surface area is 139 Å². The number of sulfonamides is 1. The zero-order valence-electron chi connectivity index (χ0n) is 10.9. The van der Waals surface area contributed by atoms with Crippen LogP contribution in [0.5, 0.6) is 0 Å². The molecule has 2 rings (SSSR count). The maximum absolute atomic E-state index is 12.3. The minimum absolute atomic E-state index is 0. The number of nitrogens with one attached hydrogen (secondary N) is 2. The van der Waals surface area contributed by atoms with Crippen LogP contribution < -0.4 is 10.0 Å². The highest BCUT2D eigenvalue weighted by Crippen LogP contribution is 2.25. The Bertz CT molecular complexity index is 569. The molecule has 1 fully saturated rings. The van der Waals surface area contributed by atoms with E-state index in [2.05, 4.69) is 26.0 Å². The third-order valence-electron chi connectivity index (χ3n) is 3.27. The molecule has 0 aromatic heterocycles. The van der Waals surface area contributed by atoms with Crippen molar-refractivity contribution in [1.29, 1.82) is 0 Å². The second-order valence-electron chi connectivity index (χ2n) is 4.69. The number of hydrogen-bond acceptors (Lipinski definition) is 3. The Morgan fingerprint density at radius 2 is 2.15 bits per heavy atom. The molecule has 1 saturated heterocycles. The molecular formula is C12H17BrCl2N2O2S. The summed E-state index contributed by atoms with van der Waals surface area (Å²) in [5.41, 5.74) is 0. The quantitative estimate of drug-likeness (QED) is 0.815. The maximum atomic E-state index is 12.3. The summed E-state index contributed by atoms with van der Waals surface area (Å²) in [4.78, 5) is 0.224. The number of halogens is 3.